The van der Waals surface area contributed by atoms with Gasteiger partial charge in [-0.05, 0) is 43.4 Å². The zero-order valence-corrected chi connectivity index (χ0v) is 21.2. The minimum Gasteiger partial charge on any atom is -0.493 e. The van der Waals surface area contributed by atoms with Crippen molar-refractivity contribution >= 4 is 11.6 Å². The van der Waals surface area contributed by atoms with Crippen LogP contribution in [0.5, 0.6) is 11.5 Å². The smallest absolute Gasteiger partial charge is 0.230 e. The van der Waals surface area contributed by atoms with Gasteiger partial charge in [-0.25, -0.2) is 4.98 Å². The first-order chi connectivity index (χ1) is 17.6. The molecule has 8 nitrogen and oxygen atoms in total. The molecule has 1 atom stereocenters. The number of nitrogens with one attached hydrogen (secondary N) is 1. The molecule has 1 aliphatic heterocycles. The third-order valence-electron chi connectivity index (χ3n) is 7.19. The number of carbonyl (C=O) groups excluding carboxylic acids is 1. The van der Waals surface area contributed by atoms with Gasteiger partial charge in [-0.2, -0.15) is 5.10 Å². The van der Waals surface area contributed by atoms with Gasteiger partial charge in [-0.1, -0.05) is 37.3 Å². The van der Waals surface area contributed by atoms with E-state index in [0.717, 1.165) is 61.8 Å². The summed E-state index contributed by atoms with van der Waals surface area (Å²) in [5, 5.41) is 7.11. The number of piperazine rings is 1. The molecule has 0 radical (unpaired) electrons. The van der Waals surface area contributed by atoms with Crippen LogP contribution in [-0.4, -0.2) is 64.9 Å². The number of rotatable bonds is 9. The van der Waals surface area contributed by atoms with Gasteiger partial charge in [0.15, 0.2) is 11.5 Å². The largest absolute Gasteiger partial charge is 0.493 e. The molecule has 2 heterocycles. The second-order valence-corrected chi connectivity index (χ2v) is 9.61. The van der Waals surface area contributed by atoms with Crippen molar-refractivity contribution in [1.82, 2.24) is 20.1 Å². The molecule has 1 saturated carbocycles. The SMILES string of the molecule is CCc1n[nH]c(CC(=O)N2CCN(c3ccc(OC)c(OC4CCC4)c3)CC2Cc2ccccc2)n1. The molecule has 1 amide bonds. The van der Waals surface area contributed by atoms with Crippen molar-refractivity contribution in [1.29, 1.82) is 0 Å². The molecule has 3 aromatic rings. The van der Waals surface area contributed by atoms with Crippen molar-refractivity contribution in [2.75, 3.05) is 31.6 Å². The van der Waals surface area contributed by atoms with Crippen LogP contribution in [0.2, 0.25) is 0 Å². The van der Waals surface area contributed by atoms with Gasteiger partial charge in [-0.15, -0.1) is 0 Å². The number of aromatic nitrogens is 3. The van der Waals surface area contributed by atoms with Crippen LogP contribution in [0.4, 0.5) is 5.69 Å². The standard InChI is InChI=1S/C28H35N5O3/c1-3-26-29-27(31-30-26)18-28(34)33-15-14-32(19-22(33)16-20-8-5-4-6-9-20)21-12-13-24(35-2)25(17-21)36-23-10-7-11-23/h4-6,8-9,12-13,17,22-23H,3,7,10-11,14-16,18-19H2,1-2H3,(H,29,30,31). The third kappa shape index (κ3) is 5.48. The Balaban J connectivity index is 1.34. The highest BCUT2D eigenvalue weighted by Gasteiger charge is 2.32. The molecule has 5 rings (SSSR count). The lowest BCUT2D eigenvalue weighted by Crippen LogP contribution is -2.56. The molecule has 2 aromatic carbocycles. The summed E-state index contributed by atoms with van der Waals surface area (Å²) >= 11 is 0. The van der Waals surface area contributed by atoms with Crippen LogP contribution >= 0.6 is 0 Å². The molecule has 2 aliphatic rings. The fraction of sp³-hybridized carbons (Fsp3) is 0.464. The number of amides is 1. The Hall–Kier alpha value is -3.55. The molecule has 1 aliphatic carbocycles. The lowest BCUT2D eigenvalue weighted by atomic mass is 9.96. The number of H-pyrrole nitrogens is 1. The van der Waals surface area contributed by atoms with Crippen LogP contribution in [-0.2, 0) is 24.1 Å². The average molecular weight is 490 g/mol. The van der Waals surface area contributed by atoms with Gasteiger partial charge in [0.1, 0.15) is 11.6 Å². The topological polar surface area (TPSA) is 83.6 Å². The number of methoxy groups -OCH3 is 1. The maximum atomic E-state index is 13.4. The van der Waals surface area contributed by atoms with Crippen LogP contribution < -0.4 is 14.4 Å². The van der Waals surface area contributed by atoms with Gasteiger partial charge < -0.3 is 19.3 Å². The summed E-state index contributed by atoms with van der Waals surface area (Å²) in [6, 6.07) is 16.6. The summed E-state index contributed by atoms with van der Waals surface area (Å²) in [7, 11) is 1.68. The van der Waals surface area contributed by atoms with E-state index in [-0.39, 0.29) is 24.5 Å². The van der Waals surface area contributed by atoms with Crippen LogP contribution in [0, 0.1) is 0 Å². The lowest BCUT2D eigenvalue weighted by Gasteiger charge is -2.43. The fourth-order valence-corrected chi connectivity index (χ4v) is 4.92. The molecule has 0 spiro atoms. The quantitative estimate of drug-likeness (QED) is 0.492. The van der Waals surface area contributed by atoms with Gasteiger partial charge in [0.2, 0.25) is 5.91 Å². The number of carbonyl (C=O) groups is 1. The number of benzene rings is 2. The number of hydrogen-bond acceptors (Lipinski definition) is 6. The molecule has 1 saturated heterocycles. The zero-order chi connectivity index (χ0) is 24.9. The van der Waals surface area contributed by atoms with E-state index < -0.39 is 0 Å². The number of aryl methyl sites for hydroxylation is 1. The predicted molar refractivity (Wildman–Crippen MR) is 139 cm³/mol. The molecular formula is C28H35N5O3. The second-order valence-electron chi connectivity index (χ2n) is 9.61. The minimum atomic E-state index is 0.0420. The summed E-state index contributed by atoms with van der Waals surface area (Å²) in [5.74, 6) is 3.01. The maximum absolute atomic E-state index is 13.4. The van der Waals surface area contributed by atoms with Gasteiger partial charge in [0.25, 0.3) is 0 Å². The van der Waals surface area contributed by atoms with E-state index in [4.69, 9.17) is 9.47 Å². The number of hydrogen-bond donors (Lipinski definition) is 1. The van der Waals surface area contributed by atoms with E-state index in [1.165, 1.54) is 12.0 Å². The molecule has 0 bridgehead atoms. The van der Waals surface area contributed by atoms with Crippen LogP contribution in [0.3, 0.4) is 0 Å². The molecule has 1 unspecified atom stereocenters. The molecule has 8 heteroatoms. The second kappa shape index (κ2) is 11.0. The highest BCUT2D eigenvalue weighted by Crippen LogP contribution is 2.36. The van der Waals surface area contributed by atoms with E-state index in [1.807, 2.05) is 24.0 Å². The van der Waals surface area contributed by atoms with E-state index in [2.05, 4.69) is 56.5 Å². The molecular weight excluding hydrogens is 454 g/mol. The third-order valence-corrected chi connectivity index (χ3v) is 7.19. The highest BCUT2D eigenvalue weighted by atomic mass is 16.5. The number of ether oxygens (including phenoxy) is 2. The molecule has 190 valence electrons. The Morgan fingerprint density at radius 3 is 2.64 bits per heavy atom. The summed E-state index contributed by atoms with van der Waals surface area (Å²) in [6.45, 7) is 4.15. The summed E-state index contributed by atoms with van der Waals surface area (Å²) in [5.41, 5.74) is 2.32. The first-order valence-electron chi connectivity index (χ1n) is 13.0. The predicted octanol–water partition coefficient (Wildman–Crippen LogP) is 3.81. The van der Waals surface area contributed by atoms with E-state index in [0.29, 0.717) is 12.4 Å². The Labute approximate surface area is 212 Å². The number of nitrogens with zero attached hydrogens (tertiary/aromatic N) is 4. The van der Waals surface area contributed by atoms with Crippen molar-refractivity contribution in [2.45, 2.75) is 57.6 Å². The number of anilines is 1. The van der Waals surface area contributed by atoms with Crippen LogP contribution in [0.15, 0.2) is 48.5 Å². The van der Waals surface area contributed by atoms with Crippen LogP contribution in [0.25, 0.3) is 0 Å². The average Bonchev–Trinajstić information content (AvgIpc) is 3.34. The summed E-state index contributed by atoms with van der Waals surface area (Å²) in [4.78, 5) is 22.2. The van der Waals surface area contributed by atoms with E-state index in [9.17, 15) is 4.79 Å². The number of aromatic amines is 1. The zero-order valence-electron chi connectivity index (χ0n) is 21.2. The lowest BCUT2D eigenvalue weighted by molar-refractivity contribution is -0.133. The van der Waals surface area contributed by atoms with Crippen molar-refractivity contribution in [3.63, 3.8) is 0 Å². The minimum absolute atomic E-state index is 0.0420. The fourth-order valence-electron chi connectivity index (χ4n) is 4.92. The Bertz CT molecular complexity index is 1160. The molecule has 1 N–H and O–H groups in total. The van der Waals surface area contributed by atoms with Crippen LogP contribution in [0.1, 0.15) is 43.4 Å². The summed E-state index contributed by atoms with van der Waals surface area (Å²) < 4.78 is 11.8. The molecule has 2 fully saturated rings. The highest BCUT2D eigenvalue weighted by molar-refractivity contribution is 5.78. The normalized spacial score (nSPS) is 18.1. The summed E-state index contributed by atoms with van der Waals surface area (Å²) in [6.07, 6.45) is 5.46. The van der Waals surface area contributed by atoms with Gasteiger partial charge in [0.05, 0.1) is 25.7 Å². The van der Waals surface area contributed by atoms with Crippen molar-refractivity contribution in [3.05, 3.63) is 65.7 Å². The van der Waals surface area contributed by atoms with Gasteiger partial charge >= 0.3 is 0 Å². The molecule has 1 aromatic heterocycles. The van der Waals surface area contributed by atoms with Crippen molar-refractivity contribution in [3.8, 4) is 11.5 Å². The maximum Gasteiger partial charge on any atom is 0.230 e. The first kappa shape index (κ1) is 24.2. The Morgan fingerprint density at radius 1 is 1.11 bits per heavy atom. The molecule has 36 heavy (non-hydrogen) atoms. The van der Waals surface area contributed by atoms with Gasteiger partial charge in [0, 0.05) is 37.8 Å². The van der Waals surface area contributed by atoms with Gasteiger partial charge in [-0.3, -0.25) is 9.89 Å². The first-order valence-corrected chi connectivity index (χ1v) is 13.0. The van der Waals surface area contributed by atoms with Crippen molar-refractivity contribution in [2.24, 2.45) is 0 Å². The van der Waals surface area contributed by atoms with E-state index >= 15 is 0 Å². The Morgan fingerprint density at radius 2 is 1.94 bits per heavy atom. The van der Waals surface area contributed by atoms with E-state index in [1.54, 1.807) is 7.11 Å². The van der Waals surface area contributed by atoms with Crippen molar-refractivity contribution < 1.29 is 14.3 Å². The monoisotopic (exact) mass is 489 g/mol. The Kier molecular flexibility index (Phi) is 7.39.